The van der Waals surface area contributed by atoms with E-state index in [-0.39, 0.29) is 4.90 Å². The molecule has 0 saturated heterocycles. The Hall–Kier alpha value is -1.39. The summed E-state index contributed by atoms with van der Waals surface area (Å²) < 4.78 is 23.0. The number of nitrogens with two attached hydrogens (primary N) is 1. The second-order valence-corrected chi connectivity index (χ2v) is 5.93. The van der Waals surface area contributed by atoms with Gasteiger partial charge < -0.3 is 0 Å². The zero-order valence-corrected chi connectivity index (χ0v) is 10.7. The lowest BCUT2D eigenvalue weighted by atomic mass is 9.96. The van der Waals surface area contributed by atoms with Gasteiger partial charge in [-0.1, -0.05) is 44.2 Å². The molecule has 0 aliphatic heterocycles. The van der Waals surface area contributed by atoms with Gasteiger partial charge in [-0.05, 0) is 22.9 Å². The molecule has 0 radical (unpaired) electrons. The van der Waals surface area contributed by atoms with E-state index in [9.17, 15) is 8.42 Å². The van der Waals surface area contributed by atoms with E-state index < -0.39 is 10.0 Å². The van der Waals surface area contributed by atoms with Crippen LogP contribution in [0.15, 0.2) is 41.3 Å². The Morgan fingerprint density at radius 1 is 1.00 bits per heavy atom. The predicted octanol–water partition coefficient (Wildman–Crippen LogP) is 2.61. The van der Waals surface area contributed by atoms with Crippen molar-refractivity contribution in [2.24, 2.45) is 5.14 Å². The maximum absolute atomic E-state index is 11.5. The first-order valence-electron chi connectivity index (χ1n) is 5.45. The third-order valence-corrected chi connectivity index (χ3v) is 3.81. The monoisotopic (exact) mass is 249 g/mol. The number of benzene rings is 2. The van der Waals surface area contributed by atoms with E-state index in [0.29, 0.717) is 11.3 Å². The molecule has 0 atom stereocenters. The largest absolute Gasteiger partial charge is 0.238 e. The van der Waals surface area contributed by atoms with E-state index in [2.05, 4.69) is 13.8 Å². The fourth-order valence-corrected chi connectivity index (χ4v) is 2.81. The molecule has 0 aromatic heterocycles. The molecule has 0 spiro atoms. The van der Waals surface area contributed by atoms with Gasteiger partial charge in [0.2, 0.25) is 10.0 Å². The van der Waals surface area contributed by atoms with E-state index in [1.807, 2.05) is 18.2 Å². The quantitative estimate of drug-likeness (QED) is 0.889. The van der Waals surface area contributed by atoms with Crippen LogP contribution in [0.1, 0.15) is 25.3 Å². The Labute approximate surface area is 101 Å². The molecule has 0 fully saturated rings. The van der Waals surface area contributed by atoms with Gasteiger partial charge in [0.25, 0.3) is 0 Å². The minimum absolute atomic E-state index is 0.192. The average Bonchev–Trinajstić information content (AvgIpc) is 2.26. The summed E-state index contributed by atoms with van der Waals surface area (Å²) in [5, 5.41) is 6.87. The molecule has 0 bridgehead atoms. The highest BCUT2D eigenvalue weighted by Gasteiger charge is 2.14. The van der Waals surface area contributed by atoms with Gasteiger partial charge in [0.05, 0.1) is 4.90 Å². The first-order chi connectivity index (χ1) is 7.91. The van der Waals surface area contributed by atoms with Crippen LogP contribution >= 0.6 is 0 Å². The van der Waals surface area contributed by atoms with Crippen LogP contribution in [0, 0.1) is 0 Å². The van der Waals surface area contributed by atoms with Gasteiger partial charge in [0.15, 0.2) is 0 Å². The number of hydrogen-bond donors (Lipinski definition) is 1. The van der Waals surface area contributed by atoms with Crippen LogP contribution in [0.5, 0.6) is 0 Å². The average molecular weight is 249 g/mol. The molecule has 0 saturated carbocycles. The highest BCUT2D eigenvalue weighted by Crippen LogP contribution is 2.28. The first kappa shape index (κ1) is 12.1. The van der Waals surface area contributed by atoms with Crippen LogP contribution in [0.2, 0.25) is 0 Å². The molecular weight excluding hydrogens is 234 g/mol. The molecule has 2 aromatic rings. The third kappa shape index (κ3) is 2.18. The van der Waals surface area contributed by atoms with Crippen LogP contribution in [0.25, 0.3) is 10.8 Å². The van der Waals surface area contributed by atoms with Gasteiger partial charge in [-0.15, -0.1) is 0 Å². The molecule has 3 nitrogen and oxygen atoms in total. The number of rotatable bonds is 2. The van der Waals surface area contributed by atoms with Gasteiger partial charge in [0.1, 0.15) is 0 Å². The van der Waals surface area contributed by atoms with Crippen molar-refractivity contribution in [2.45, 2.75) is 24.7 Å². The molecule has 17 heavy (non-hydrogen) atoms. The molecule has 0 heterocycles. The Bertz CT molecular complexity index is 660. The molecule has 2 N–H and O–H groups in total. The molecule has 0 aliphatic carbocycles. The molecule has 0 amide bonds. The molecule has 2 rings (SSSR count). The summed E-state index contributed by atoms with van der Waals surface area (Å²) in [7, 11) is -3.67. The van der Waals surface area contributed by atoms with Crippen LogP contribution in [0.3, 0.4) is 0 Å². The van der Waals surface area contributed by atoms with Crippen LogP contribution < -0.4 is 5.14 Å². The highest BCUT2D eigenvalue weighted by atomic mass is 32.2. The number of fused-ring (bicyclic) bond motifs is 1. The number of hydrogen-bond acceptors (Lipinski definition) is 2. The normalized spacial score (nSPS) is 12.2. The molecule has 0 unspecified atom stereocenters. The lowest BCUT2D eigenvalue weighted by molar-refractivity contribution is 0.598. The van der Waals surface area contributed by atoms with Crippen LogP contribution in [0.4, 0.5) is 0 Å². The van der Waals surface area contributed by atoms with Gasteiger partial charge >= 0.3 is 0 Å². The van der Waals surface area contributed by atoms with Crippen LogP contribution in [-0.2, 0) is 10.0 Å². The molecular formula is C13H15NO2S. The van der Waals surface area contributed by atoms with Gasteiger partial charge in [0, 0.05) is 5.39 Å². The van der Waals surface area contributed by atoms with Gasteiger partial charge in [-0.3, -0.25) is 0 Å². The van der Waals surface area contributed by atoms with E-state index >= 15 is 0 Å². The summed E-state index contributed by atoms with van der Waals surface area (Å²) in [5.74, 6) is 0.342. The lowest BCUT2D eigenvalue weighted by Gasteiger charge is -2.11. The fraction of sp³-hybridized carbons (Fsp3) is 0.231. The Morgan fingerprint density at radius 3 is 2.18 bits per heavy atom. The maximum atomic E-state index is 11.5. The third-order valence-electron chi connectivity index (χ3n) is 2.84. The number of primary sulfonamides is 1. The summed E-state index contributed by atoms with van der Waals surface area (Å²) in [6.45, 7) is 4.16. The lowest BCUT2D eigenvalue weighted by Crippen LogP contribution is -2.12. The minimum atomic E-state index is -3.67. The molecule has 4 heteroatoms. The second kappa shape index (κ2) is 4.13. The van der Waals surface area contributed by atoms with Crippen molar-refractivity contribution in [3.8, 4) is 0 Å². The van der Waals surface area contributed by atoms with E-state index in [1.165, 1.54) is 0 Å². The van der Waals surface area contributed by atoms with E-state index in [0.717, 1.165) is 10.9 Å². The summed E-state index contributed by atoms with van der Waals surface area (Å²) in [6.07, 6.45) is 0. The summed E-state index contributed by atoms with van der Waals surface area (Å²) in [4.78, 5) is 0.192. The molecule has 2 aromatic carbocycles. The SMILES string of the molecule is CC(C)c1cccc2c(S(N)(=O)=O)cccc12. The van der Waals surface area contributed by atoms with Crippen molar-refractivity contribution >= 4 is 20.8 Å². The smallest absolute Gasteiger partial charge is 0.225 e. The molecule has 0 aliphatic rings. The van der Waals surface area contributed by atoms with Crippen molar-refractivity contribution in [3.05, 3.63) is 42.0 Å². The zero-order valence-electron chi connectivity index (χ0n) is 9.84. The molecule has 90 valence electrons. The van der Waals surface area contributed by atoms with Gasteiger partial charge in [-0.25, -0.2) is 13.6 Å². The van der Waals surface area contributed by atoms with Crippen LogP contribution in [-0.4, -0.2) is 8.42 Å². The zero-order chi connectivity index (χ0) is 12.6. The Morgan fingerprint density at radius 2 is 1.59 bits per heavy atom. The van der Waals surface area contributed by atoms with E-state index in [4.69, 9.17) is 5.14 Å². The summed E-state index contributed by atoms with van der Waals surface area (Å²) in [6, 6.07) is 10.9. The minimum Gasteiger partial charge on any atom is -0.225 e. The van der Waals surface area contributed by atoms with Crippen molar-refractivity contribution in [1.82, 2.24) is 0 Å². The highest BCUT2D eigenvalue weighted by molar-refractivity contribution is 7.89. The van der Waals surface area contributed by atoms with Crippen molar-refractivity contribution in [2.75, 3.05) is 0 Å². The predicted molar refractivity (Wildman–Crippen MR) is 69.4 cm³/mol. The first-order valence-corrected chi connectivity index (χ1v) is 7.00. The standard InChI is InChI=1S/C13H15NO2S/c1-9(2)10-5-3-7-12-11(10)6-4-8-13(12)17(14,15)16/h3-9H,1-2H3,(H2,14,15,16). The second-order valence-electron chi connectivity index (χ2n) is 4.40. The maximum Gasteiger partial charge on any atom is 0.238 e. The van der Waals surface area contributed by atoms with Crippen molar-refractivity contribution in [1.29, 1.82) is 0 Å². The summed E-state index contributed by atoms with van der Waals surface area (Å²) in [5.41, 5.74) is 1.13. The Kier molecular flexibility index (Phi) is 2.93. The fourth-order valence-electron chi connectivity index (χ4n) is 2.06. The van der Waals surface area contributed by atoms with E-state index in [1.54, 1.807) is 18.2 Å². The number of sulfonamides is 1. The van der Waals surface area contributed by atoms with Gasteiger partial charge in [-0.2, -0.15) is 0 Å². The topological polar surface area (TPSA) is 60.2 Å². The van der Waals surface area contributed by atoms with Crippen molar-refractivity contribution in [3.63, 3.8) is 0 Å². The van der Waals surface area contributed by atoms with Crippen molar-refractivity contribution < 1.29 is 8.42 Å². The Balaban J connectivity index is 2.89. The summed E-state index contributed by atoms with van der Waals surface area (Å²) >= 11 is 0.